The zero-order valence-electron chi connectivity index (χ0n) is 8.20. The summed E-state index contributed by atoms with van der Waals surface area (Å²) in [7, 11) is 0. The van der Waals surface area contributed by atoms with Crippen LogP contribution in [0.1, 0.15) is 24.8 Å². The Morgan fingerprint density at radius 3 is 2.38 bits per heavy atom. The van der Waals surface area contributed by atoms with E-state index in [9.17, 15) is 14.7 Å². The summed E-state index contributed by atoms with van der Waals surface area (Å²) in [6, 6.07) is 0. The Morgan fingerprint density at radius 1 is 1.31 bits per heavy atom. The molecule has 1 rings (SSSR count). The van der Waals surface area contributed by atoms with Crippen molar-refractivity contribution in [2.45, 2.75) is 18.9 Å². The lowest BCUT2D eigenvalue weighted by molar-refractivity contribution is -0.155. The monoisotopic (exact) mass is 229 g/mol. The SMILES string of the molecule is O=C(O)C(CCC(O)c1ncn[nH]1)C(=O)O. The molecule has 8 heteroatoms. The van der Waals surface area contributed by atoms with E-state index >= 15 is 0 Å². The second-order valence-electron chi connectivity index (χ2n) is 3.19. The van der Waals surface area contributed by atoms with E-state index in [1.165, 1.54) is 6.33 Å². The van der Waals surface area contributed by atoms with Crippen molar-refractivity contribution >= 4 is 11.9 Å². The number of nitrogens with one attached hydrogen (secondary N) is 1. The molecule has 8 nitrogen and oxygen atoms in total. The van der Waals surface area contributed by atoms with E-state index in [4.69, 9.17) is 10.2 Å². The topological polar surface area (TPSA) is 136 Å². The molecule has 16 heavy (non-hydrogen) atoms. The molecule has 0 saturated carbocycles. The number of hydrogen-bond acceptors (Lipinski definition) is 5. The van der Waals surface area contributed by atoms with E-state index in [0.717, 1.165) is 0 Å². The second kappa shape index (κ2) is 5.21. The molecule has 0 bridgehead atoms. The van der Waals surface area contributed by atoms with Crippen molar-refractivity contribution in [2.75, 3.05) is 0 Å². The van der Waals surface area contributed by atoms with Crippen LogP contribution in [0, 0.1) is 5.92 Å². The first-order valence-electron chi connectivity index (χ1n) is 4.51. The largest absolute Gasteiger partial charge is 0.481 e. The molecule has 0 aliphatic heterocycles. The smallest absolute Gasteiger partial charge is 0.317 e. The number of nitrogens with zero attached hydrogens (tertiary/aromatic N) is 2. The number of aromatic amines is 1. The van der Waals surface area contributed by atoms with Gasteiger partial charge in [0.25, 0.3) is 0 Å². The fourth-order valence-corrected chi connectivity index (χ4v) is 1.19. The maximum Gasteiger partial charge on any atom is 0.317 e. The number of H-pyrrole nitrogens is 1. The third-order valence-electron chi connectivity index (χ3n) is 2.07. The molecule has 0 aliphatic carbocycles. The summed E-state index contributed by atoms with van der Waals surface area (Å²) < 4.78 is 0. The molecule has 0 amide bonds. The number of carbonyl (C=O) groups is 2. The molecule has 1 unspecified atom stereocenters. The van der Waals surface area contributed by atoms with Gasteiger partial charge in [-0.1, -0.05) is 0 Å². The van der Waals surface area contributed by atoms with Crippen LogP contribution in [0.3, 0.4) is 0 Å². The summed E-state index contributed by atoms with van der Waals surface area (Å²) in [6.45, 7) is 0. The molecular formula is C8H11N3O5. The van der Waals surface area contributed by atoms with E-state index < -0.39 is 24.0 Å². The molecule has 1 atom stereocenters. The van der Waals surface area contributed by atoms with Gasteiger partial charge in [0.1, 0.15) is 12.4 Å². The number of hydrogen-bond donors (Lipinski definition) is 4. The fraction of sp³-hybridized carbons (Fsp3) is 0.500. The van der Waals surface area contributed by atoms with Crippen molar-refractivity contribution < 1.29 is 24.9 Å². The normalized spacial score (nSPS) is 12.6. The molecular weight excluding hydrogens is 218 g/mol. The van der Waals surface area contributed by atoms with Crippen molar-refractivity contribution in [1.29, 1.82) is 0 Å². The van der Waals surface area contributed by atoms with Gasteiger partial charge in [-0.05, 0) is 12.8 Å². The summed E-state index contributed by atoms with van der Waals surface area (Å²) >= 11 is 0. The van der Waals surface area contributed by atoms with E-state index in [0.29, 0.717) is 0 Å². The van der Waals surface area contributed by atoms with Crippen molar-refractivity contribution in [3.63, 3.8) is 0 Å². The Hall–Kier alpha value is -1.96. The van der Waals surface area contributed by atoms with Gasteiger partial charge >= 0.3 is 11.9 Å². The van der Waals surface area contributed by atoms with Crippen LogP contribution >= 0.6 is 0 Å². The average molecular weight is 229 g/mol. The zero-order valence-corrected chi connectivity index (χ0v) is 8.20. The minimum absolute atomic E-state index is 0.0154. The number of rotatable bonds is 6. The molecule has 0 aliphatic rings. The van der Waals surface area contributed by atoms with E-state index in [-0.39, 0.29) is 18.7 Å². The lowest BCUT2D eigenvalue weighted by Crippen LogP contribution is -2.24. The highest BCUT2D eigenvalue weighted by Gasteiger charge is 2.26. The van der Waals surface area contributed by atoms with Gasteiger partial charge < -0.3 is 15.3 Å². The van der Waals surface area contributed by atoms with Gasteiger partial charge in [0.2, 0.25) is 0 Å². The van der Waals surface area contributed by atoms with Gasteiger partial charge in [-0.15, -0.1) is 0 Å². The Kier molecular flexibility index (Phi) is 3.95. The van der Waals surface area contributed by atoms with Gasteiger partial charge in [-0.3, -0.25) is 14.7 Å². The number of carboxylic acid groups (broad SMARTS) is 2. The molecule has 0 spiro atoms. The first-order chi connectivity index (χ1) is 7.52. The minimum Gasteiger partial charge on any atom is -0.481 e. The van der Waals surface area contributed by atoms with Crippen LogP contribution in [-0.2, 0) is 9.59 Å². The molecule has 4 N–H and O–H groups in total. The van der Waals surface area contributed by atoms with Crippen LogP contribution in [0.25, 0.3) is 0 Å². The quantitative estimate of drug-likeness (QED) is 0.478. The number of aliphatic carboxylic acids is 2. The Bertz CT molecular complexity index is 350. The number of carboxylic acids is 2. The van der Waals surface area contributed by atoms with E-state index in [1.54, 1.807) is 0 Å². The Balaban J connectivity index is 2.50. The van der Waals surface area contributed by atoms with Crippen molar-refractivity contribution in [3.8, 4) is 0 Å². The number of aromatic nitrogens is 3. The van der Waals surface area contributed by atoms with Gasteiger partial charge in [0, 0.05) is 0 Å². The molecule has 1 heterocycles. The highest BCUT2D eigenvalue weighted by atomic mass is 16.4. The first kappa shape index (κ1) is 12.1. The molecule has 0 aromatic carbocycles. The summed E-state index contributed by atoms with van der Waals surface area (Å²) in [6.07, 6.45) is -0.0289. The number of aliphatic hydroxyl groups excluding tert-OH is 1. The van der Waals surface area contributed by atoms with Gasteiger partial charge in [0.15, 0.2) is 11.7 Å². The third-order valence-corrected chi connectivity index (χ3v) is 2.07. The predicted octanol–water partition coefficient (Wildman–Crippen LogP) is -0.596. The highest BCUT2D eigenvalue weighted by molar-refractivity contribution is 5.92. The zero-order chi connectivity index (χ0) is 12.1. The van der Waals surface area contributed by atoms with Gasteiger partial charge in [-0.25, -0.2) is 4.98 Å². The van der Waals surface area contributed by atoms with Crippen molar-refractivity contribution in [3.05, 3.63) is 12.2 Å². The minimum atomic E-state index is -1.52. The maximum atomic E-state index is 10.5. The Labute approximate surface area is 89.9 Å². The fourth-order valence-electron chi connectivity index (χ4n) is 1.19. The number of aliphatic hydroxyl groups is 1. The molecule has 88 valence electrons. The van der Waals surface area contributed by atoms with Crippen LogP contribution < -0.4 is 0 Å². The van der Waals surface area contributed by atoms with E-state index in [1.807, 2.05) is 0 Å². The molecule has 1 aromatic rings. The molecule has 0 saturated heterocycles. The average Bonchev–Trinajstić information content (AvgIpc) is 2.69. The summed E-state index contributed by atoms with van der Waals surface area (Å²) in [5, 5.41) is 32.6. The van der Waals surface area contributed by atoms with Crippen LogP contribution in [0.4, 0.5) is 0 Å². The summed E-state index contributed by atoms with van der Waals surface area (Å²) in [5.74, 6) is -4.17. The van der Waals surface area contributed by atoms with E-state index in [2.05, 4.69) is 15.2 Å². The first-order valence-corrected chi connectivity index (χ1v) is 4.51. The molecule has 0 fully saturated rings. The van der Waals surface area contributed by atoms with Crippen LogP contribution in [-0.4, -0.2) is 42.4 Å². The Morgan fingerprint density at radius 2 is 1.94 bits per heavy atom. The van der Waals surface area contributed by atoms with Gasteiger partial charge in [-0.2, -0.15) is 5.10 Å². The van der Waals surface area contributed by atoms with Crippen LogP contribution in [0.15, 0.2) is 6.33 Å². The molecule has 1 aromatic heterocycles. The lowest BCUT2D eigenvalue weighted by atomic mass is 10.0. The highest BCUT2D eigenvalue weighted by Crippen LogP contribution is 2.17. The molecule has 0 radical (unpaired) electrons. The second-order valence-corrected chi connectivity index (χ2v) is 3.19. The lowest BCUT2D eigenvalue weighted by Gasteiger charge is -2.09. The predicted molar refractivity (Wildman–Crippen MR) is 49.3 cm³/mol. The van der Waals surface area contributed by atoms with Gasteiger partial charge in [0.05, 0.1) is 0 Å². The van der Waals surface area contributed by atoms with Crippen LogP contribution in [0.2, 0.25) is 0 Å². The summed E-state index contributed by atoms with van der Waals surface area (Å²) in [5.41, 5.74) is 0. The third kappa shape index (κ3) is 3.02. The standard InChI is InChI=1S/C8H11N3O5/c12-5(6-9-3-10-11-6)2-1-4(7(13)14)8(15)16/h3-5,12H,1-2H2,(H,13,14)(H,15,16)(H,9,10,11). The van der Waals surface area contributed by atoms with Crippen molar-refractivity contribution in [1.82, 2.24) is 15.2 Å². The van der Waals surface area contributed by atoms with Crippen LogP contribution in [0.5, 0.6) is 0 Å². The van der Waals surface area contributed by atoms with Crippen molar-refractivity contribution in [2.24, 2.45) is 5.92 Å². The summed E-state index contributed by atoms with van der Waals surface area (Å²) in [4.78, 5) is 24.8. The maximum absolute atomic E-state index is 10.5.